The second-order valence-corrected chi connectivity index (χ2v) is 7.41. The van der Waals surface area contributed by atoms with Gasteiger partial charge in [0, 0.05) is 18.2 Å². The Balaban J connectivity index is 1.78. The van der Waals surface area contributed by atoms with Crippen molar-refractivity contribution in [2.24, 2.45) is 0 Å². The van der Waals surface area contributed by atoms with E-state index in [4.69, 9.17) is 14.0 Å². The van der Waals surface area contributed by atoms with Gasteiger partial charge in [-0.05, 0) is 53.1 Å². The van der Waals surface area contributed by atoms with Crippen LogP contribution in [0, 0.1) is 11.3 Å². The van der Waals surface area contributed by atoms with E-state index in [2.05, 4.69) is 16.4 Å². The van der Waals surface area contributed by atoms with E-state index in [0.717, 1.165) is 31.4 Å². The molecule has 0 aromatic carbocycles. The highest BCUT2D eigenvalue weighted by Crippen LogP contribution is 2.36. The highest BCUT2D eigenvalue weighted by molar-refractivity contribution is 6.62. The van der Waals surface area contributed by atoms with Gasteiger partial charge in [-0.15, -0.1) is 0 Å². The van der Waals surface area contributed by atoms with E-state index < -0.39 is 18.3 Å². The molecule has 0 saturated carbocycles. The van der Waals surface area contributed by atoms with E-state index in [9.17, 15) is 5.26 Å². The van der Waals surface area contributed by atoms with Crippen LogP contribution >= 0.6 is 0 Å². The van der Waals surface area contributed by atoms with Gasteiger partial charge < -0.3 is 19.4 Å². The minimum atomic E-state index is -0.528. The summed E-state index contributed by atoms with van der Waals surface area (Å²) in [5, 5.41) is 12.7. The molecule has 1 atom stereocenters. The van der Waals surface area contributed by atoms with Crippen molar-refractivity contribution in [2.45, 2.75) is 57.8 Å². The fraction of sp³-hybridized carbons (Fsp3) is 0.647. The Morgan fingerprint density at radius 3 is 2.62 bits per heavy atom. The molecule has 0 aliphatic carbocycles. The van der Waals surface area contributed by atoms with Crippen molar-refractivity contribution in [1.29, 1.82) is 5.26 Å². The predicted molar refractivity (Wildman–Crippen MR) is 91.2 cm³/mol. The quantitative estimate of drug-likeness (QED) is 0.845. The predicted octanol–water partition coefficient (Wildman–Crippen LogP) is 1.38. The van der Waals surface area contributed by atoms with Gasteiger partial charge in [-0.25, -0.2) is 4.98 Å². The molecule has 3 rings (SSSR count). The van der Waals surface area contributed by atoms with E-state index in [1.807, 2.05) is 27.7 Å². The number of ether oxygens (including phenoxy) is 1. The van der Waals surface area contributed by atoms with Crippen molar-refractivity contribution in [3.63, 3.8) is 0 Å². The molecule has 6 nitrogen and oxygen atoms in total. The largest absolute Gasteiger partial charge is 0.496 e. The Hall–Kier alpha value is -1.62. The van der Waals surface area contributed by atoms with Gasteiger partial charge in [0.15, 0.2) is 0 Å². The molecule has 24 heavy (non-hydrogen) atoms. The van der Waals surface area contributed by atoms with E-state index in [0.29, 0.717) is 11.4 Å². The van der Waals surface area contributed by atoms with Gasteiger partial charge in [0.05, 0.1) is 11.2 Å². The van der Waals surface area contributed by atoms with E-state index in [-0.39, 0.29) is 6.10 Å². The number of hydrogen-bond acceptors (Lipinski definition) is 6. The lowest BCUT2D eigenvalue weighted by Crippen LogP contribution is -2.41. The van der Waals surface area contributed by atoms with Crippen molar-refractivity contribution in [3.05, 3.63) is 17.8 Å². The summed E-state index contributed by atoms with van der Waals surface area (Å²) in [6.07, 6.45) is 3.77. The Labute approximate surface area is 143 Å². The monoisotopic (exact) mass is 329 g/mol. The first-order valence-electron chi connectivity index (χ1n) is 8.45. The van der Waals surface area contributed by atoms with Crippen LogP contribution in [-0.4, -0.2) is 42.5 Å². The van der Waals surface area contributed by atoms with Gasteiger partial charge in [-0.3, -0.25) is 0 Å². The van der Waals surface area contributed by atoms with E-state index >= 15 is 0 Å². The first-order chi connectivity index (χ1) is 11.3. The molecule has 2 saturated heterocycles. The minimum Gasteiger partial charge on any atom is -0.472 e. The van der Waals surface area contributed by atoms with E-state index in [1.165, 1.54) is 0 Å². The lowest BCUT2D eigenvalue weighted by molar-refractivity contribution is 0.00578. The SMILES string of the molecule is CC1(C)OB(c2cnc(OC3CCCNC3)c(C#N)c2)OC1(C)C. The fourth-order valence-electron chi connectivity index (χ4n) is 2.83. The second kappa shape index (κ2) is 6.36. The summed E-state index contributed by atoms with van der Waals surface area (Å²) in [5.74, 6) is 0.381. The summed E-state index contributed by atoms with van der Waals surface area (Å²) >= 11 is 0. The Kier molecular flexibility index (Phi) is 4.56. The number of rotatable bonds is 3. The first kappa shape index (κ1) is 17.2. The third-order valence-corrected chi connectivity index (χ3v) is 5.05. The summed E-state index contributed by atoms with van der Waals surface area (Å²) in [4.78, 5) is 4.35. The van der Waals surface area contributed by atoms with Gasteiger partial charge in [-0.2, -0.15) is 5.26 Å². The van der Waals surface area contributed by atoms with Crippen LogP contribution in [0.2, 0.25) is 0 Å². The zero-order valence-electron chi connectivity index (χ0n) is 14.8. The molecule has 1 aromatic heterocycles. The van der Waals surface area contributed by atoms with Crippen LogP contribution < -0.4 is 15.5 Å². The van der Waals surface area contributed by atoms with Crippen molar-refractivity contribution in [3.8, 4) is 11.9 Å². The van der Waals surface area contributed by atoms with Crippen LogP contribution in [0.1, 0.15) is 46.1 Å². The normalized spacial score (nSPS) is 25.3. The highest BCUT2D eigenvalue weighted by atomic mass is 16.7. The summed E-state index contributed by atoms with van der Waals surface area (Å²) in [6, 6.07) is 3.92. The number of hydrogen-bond donors (Lipinski definition) is 1. The first-order valence-corrected chi connectivity index (χ1v) is 8.45. The standard InChI is InChI=1S/C17H24BN3O3/c1-16(2)17(3,4)24-18(23-16)13-8-12(9-19)15(21-10-13)22-14-6-5-7-20-11-14/h8,10,14,20H,5-7,11H2,1-4H3. The van der Waals surface area contributed by atoms with Crippen LogP contribution in [0.3, 0.4) is 0 Å². The number of aromatic nitrogens is 1. The van der Waals surface area contributed by atoms with Crippen molar-refractivity contribution in [2.75, 3.05) is 13.1 Å². The van der Waals surface area contributed by atoms with Gasteiger partial charge in [-0.1, -0.05) is 0 Å². The molecular formula is C17H24BN3O3. The van der Waals surface area contributed by atoms with Gasteiger partial charge in [0.2, 0.25) is 5.88 Å². The summed E-state index contributed by atoms with van der Waals surface area (Å²) in [6.45, 7) is 9.79. The summed E-state index contributed by atoms with van der Waals surface area (Å²) in [7, 11) is -0.528. The van der Waals surface area contributed by atoms with Crippen molar-refractivity contribution < 1.29 is 14.0 Å². The molecule has 1 N–H and O–H groups in total. The molecule has 2 aliphatic rings. The molecule has 0 bridgehead atoms. The number of nitrogens with one attached hydrogen (secondary N) is 1. The maximum atomic E-state index is 9.45. The number of piperidine rings is 1. The molecule has 1 unspecified atom stereocenters. The van der Waals surface area contributed by atoms with E-state index in [1.54, 1.807) is 12.3 Å². The van der Waals surface area contributed by atoms with Crippen LogP contribution in [0.15, 0.2) is 12.3 Å². The molecule has 2 aliphatic heterocycles. The number of pyridine rings is 1. The molecule has 0 amide bonds. The third-order valence-electron chi connectivity index (χ3n) is 5.05. The highest BCUT2D eigenvalue weighted by Gasteiger charge is 2.51. The average molecular weight is 329 g/mol. The minimum absolute atomic E-state index is 0.0565. The van der Waals surface area contributed by atoms with Crippen molar-refractivity contribution in [1.82, 2.24) is 10.3 Å². The smallest absolute Gasteiger partial charge is 0.472 e. The molecule has 128 valence electrons. The molecule has 2 fully saturated rings. The summed E-state index contributed by atoms with van der Waals surface area (Å²) < 4.78 is 17.9. The Bertz CT molecular complexity index is 635. The van der Waals surface area contributed by atoms with Crippen LogP contribution in [0.4, 0.5) is 0 Å². The average Bonchev–Trinajstić information content (AvgIpc) is 2.77. The molecule has 7 heteroatoms. The maximum absolute atomic E-state index is 9.45. The summed E-state index contributed by atoms with van der Waals surface area (Å²) in [5.41, 5.74) is 0.299. The molecule has 0 spiro atoms. The zero-order chi connectivity index (χ0) is 17.4. The molecule has 1 aromatic rings. The Morgan fingerprint density at radius 2 is 2.04 bits per heavy atom. The number of nitrogens with zero attached hydrogens (tertiary/aromatic N) is 2. The van der Waals surface area contributed by atoms with Gasteiger partial charge >= 0.3 is 7.12 Å². The van der Waals surface area contributed by atoms with Crippen molar-refractivity contribution >= 4 is 12.6 Å². The lowest BCUT2D eigenvalue weighted by atomic mass is 9.80. The van der Waals surface area contributed by atoms with Crippen LogP contribution in [0.25, 0.3) is 0 Å². The van der Waals surface area contributed by atoms with Gasteiger partial charge in [0.25, 0.3) is 0 Å². The molecular weight excluding hydrogens is 305 g/mol. The fourth-order valence-corrected chi connectivity index (χ4v) is 2.83. The zero-order valence-corrected chi connectivity index (χ0v) is 14.8. The third kappa shape index (κ3) is 3.27. The van der Waals surface area contributed by atoms with Crippen LogP contribution in [-0.2, 0) is 9.31 Å². The Morgan fingerprint density at radius 1 is 1.33 bits per heavy atom. The topological polar surface area (TPSA) is 76.4 Å². The second-order valence-electron chi connectivity index (χ2n) is 7.41. The number of nitriles is 1. The molecule has 3 heterocycles. The maximum Gasteiger partial charge on any atom is 0.496 e. The van der Waals surface area contributed by atoms with Gasteiger partial charge in [0.1, 0.15) is 17.7 Å². The van der Waals surface area contributed by atoms with Crippen LogP contribution in [0.5, 0.6) is 5.88 Å². The lowest BCUT2D eigenvalue weighted by Gasteiger charge is -2.32. The molecule has 0 radical (unpaired) electrons.